The molecule has 0 saturated carbocycles. The highest BCUT2D eigenvalue weighted by atomic mass is 32.3. The monoisotopic (exact) mass is 284 g/mol. The van der Waals surface area contributed by atoms with Crippen molar-refractivity contribution in [2.45, 2.75) is 11.1 Å². The molecule has 0 heterocycles. The van der Waals surface area contributed by atoms with Crippen molar-refractivity contribution in [3.8, 4) is 0 Å². The van der Waals surface area contributed by atoms with E-state index in [1.165, 1.54) is 6.92 Å². The van der Waals surface area contributed by atoms with E-state index in [0.717, 1.165) is 0 Å². The number of hydrogen-bond acceptors (Lipinski definition) is 6. The van der Waals surface area contributed by atoms with Crippen LogP contribution in [-0.4, -0.2) is 46.0 Å². The number of amides is 1. The van der Waals surface area contributed by atoms with Crippen LogP contribution in [0.1, 0.15) is 6.92 Å². The van der Waals surface area contributed by atoms with Crippen LogP contribution in [0.15, 0.2) is 12.2 Å². The normalized spacial score (nSPS) is 13.2. The minimum Gasteiger partial charge on any atom is -0.326 e. The molecule has 0 aliphatic heterocycles. The topological polar surface area (TPSA) is 123 Å². The summed E-state index contributed by atoms with van der Waals surface area (Å²) in [7, 11) is -8.30. The fourth-order valence-corrected chi connectivity index (χ4v) is 4.46. The second kappa shape index (κ2) is 4.75. The van der Waals surface area contributed by atoms with Crippen LogP contribution in [0.25, 0.3) is 0 Å². The van der Waals surface area contributed by atoms with Crippen molar-refractivity contribution in [1.82, 2.24) is 5.32 Å². The lowest BCUT2D eigenvalue weighted by Gasteiger charge is -2.29. The largest absolute Gasteiger partial charge is 0.326 e. The summed E-state index contributed by atoms with van der Waals surface area (Å²) in [4.78, 5) is 11.4. The molecule has 0 aromatic heterocycles. The van der Waals surface area contributed by atoms with Gasteiger partial charge < -0.3 is 11.1 Å². The Labute approximate surface area is 101 Å². The van der Waals surface area contributed by atoms with Gasteiger partial charge in [-0.15, -0.1) is 0 Å². The second-order valence-corrected chi connectivity index (χ2v) is 8.48. The van der Waals surface area contributed by atoms with E-state index in [0.29, 0.717) is 12.5 Å². The van der Waals surface area contributed by atoms with Crippen LogP contribution in [0, 0.1) is 0 Å². The summed E-state index contributed by atoms with van der Waals surface area (Å²) in [5.74, 6) is -0.883. The van der Waals surface area contributed by atoms with Crippen LogP contribution in [0.4, 0.5) is 0 Å². The molecule has 0 bridgehead atoms. The first-order valence-corrected chi connectivity index (χ1v) is 8.24. The van der Waals surface area contributed by atoms with Gasteiger partial charge in [0.25, 0.3) is 4.20 Å². The van der Waals surface area contributed by atoms with Crippen molar-refractivity contribution in [3.63, 3.8) is 0 Å². The van der Waals surface area contributed by atoms with Gasteiger partial charge in [-0.05, 0) is 6.92 Å². The Hall–Kier alpha value is -0.930. The molecule has 0 fully saturated rings. The van der Waals surface area contributed by atoms with E-state index in [-0.39, 0.29) is 5.57 Å². The van der Waals surface area contributed by atoms with Gasteiger partial charge in [0.05, 0.1) is 0 Å². The summed E-state index contributed by atoms with van der Waals surface area (Å²) in [6.07, 6.45) is 1.39. The average Bonchev–Trinajstić information content (AvgIpc) is 2.09. The molecular formula is C8H16N2O5S2. The molecule has 1 amide bonds. The number of nitrogens with two attached hydrogens (primary N) is 1. The highest BCUT2D eigenvalue weighted by Gasteiger charge is 2.50. The molecule has 3 N–H and O–H groups in total. The highest BCUT2D eigenvalue weighted by Crippen LogP contribution is 2.19. The lowest BCUT2D eigenvalue weighted by molar-refractivity contribution is -0.117. The Morgan fingerprint density at radius 1 is 1.24 bits per heavy atom. The van der Waals surface area contributed by atoms with E-state index >= 15 is 0 Å². The molecule has 0 aromatic rings. The van der Waals surface area contributed by atoms with Gasteiger partial charge in [0.2, 0.25) is 5.91 Å². The SMILES string of the molecule is C=C(C)C(=O)NC(CN)(S(C)(=O)=O)S(C)(=O)=O. The van der Waals surface area contributed by atoms with Gasteiger partial charge in [0.1, 0.15) is 0 Å². The van der Waals surface area contributed by atoms with Crippen LogP contribution < -0.4 is 11.1 Å². The summed E-state index contributed by atoms with van der Waals surface area (Å²) in [5, 5.41) is 1.92. The molecule has 0 rings (SSSR count). The second-order valence-electron chi connectivity index (χ2n) is 3.74. The third-order valence-corrected chi connectivity index (χ3v) is 6.91. The van der Waals surface area contributed by atoms with E-state index in [2.05, 4.69) is 6.58 Å². The van der Waals surface area contributed by atoms with E-state index in [9.17, 15) is 21.6 Å². The van der Waals surface area contributed by atoms with Gasteiger partial charge in [0, 0.05) is 24.6 Å². The maximum Gasteiger partial charge on any atom is 0.256 e. The standard InChI is InChI=1S/C8H16N2O5S2/c1-6(2)7(11)10-8(5-9,16(3,12)13)17(4,14)15/h1,5,9H2,2-4H3,(H,10,11). The molecule has 7 nitrogen and oxygen atoms in total. The smallest absolute Gasteiger partial charge is 0.256 e. The lowest BCUT2D eigenvalue weighted by atomic mass is 10.3. The van der Waals surface area contributed by atoms with Crippen LogP contribution in [-0.2, 0) is 24.5 Å². The maximum atomic E-state index is 11.6. The first-order valence-electron chi connectivity index (χ1n) is 4.46. The van der Waals surface area contributed by atoms with Crippen LogP contribution in [0.3, 0.4) is 0 Å². The molecule has 17 heavy (non-hydrogen) atoms. The van der Waals surface area contributed by atoms with Crippen molar-refractivity contribution >= 4 is 25.6 Å². The molecule has 0 saturated heterocycles. The number of sulfone groups is 2. The zero-order chi connectivity index (χ0) is 14.1. The summed E-state index contributed by atoms with van der Waals surface area (Å²) in [6, 6.07) is 0. The van der Waals surface area contributed by atoms with Crippen molar-refractivity contribution in [2.24, 2.45) is 5.73 Å². The molecule has 0 aliphatic rings. The van der Waals surface area contributed by atoms with Crippen LogP contribution >= 0.6 is 0 Å². The molecular weight excluding hydrogens is 268 g/mol. The van der Waals surface area contributed by atoms with Gasteiger partial charge >= 0.3 is 0 Å². The molecule has 9 heteroatoms. The predicted octanol–water partition coefficient (Wildman–Crippen LogP) is -1.62. The third-order valence-electron chi connectivity index (χ3n) is 2.16. The van der Waals surface area contributed by atoms with Gasteiger partial charge in [-0.3, -0.25) is 4.79 Å². The Morgan fingerprint density at radius 2 is 1.59 bits per heavy atom. The van der Waals surface area contributed by atoms with Crippen molar-refractivity contribution in [3.05, 3.63) is 12.2 Å². The summed E-state index contributed by atoms with van der Waals surface area (Å²) in [6.45, 7) is 3.84. The Kier molecular flexibility index (Phi) is 4.49. The van der Waals surface area contributed by atoms with Gasteiger partial charge in [-0.25, -0.2) is 16.8 Å². The van der Waals surface area contributed by atoms with E-state index in [1.807, 2.05) is 5.32 Å². The van der Waals surface area contributed by atoms with Gasteiger partial charge in [0.15, 0.2) is 19.7 Å². The molecule has 0 unspecified atom stereocenters. The zero-order valence-electron chi connectivity index (χ0n) is 9.85. The molecule has 0 spiro atoms. The molecule has 0 atom stereocenters. The Bertz CT molecular complexity index is 500. The molecule has 0 aromatic carbocycles. The summed E-state index contributed by atoms with van der Waals surface area (Å²) in [5.41, 5.74) is 5.21. The first kappa shape index (κ1) is 16.1. The number of carbonyl (C=O) groups is 1. The lowest BCUT2D eigenvalue weighted by Crippen LogP contribution is -2.63. The summed E-state index contributed by atoms with van der Waals surface area (Å²) < 4.78 is 43.8. The van der Waals surface area contributed by atoms with Crippen LogP contribution in [0.2, 0.25) is 0 Å². The number of carbonyl (C=O) groups excluding carboxylic acids is 1. The zero-order valence-corrected chi connectivity index (χ0v) is 11.5. The highest BCUT2D eigenvalue weighted by molar-refractivity contribution is 8.09. The summed E-state index contributed by atoms with van der Waals surface area (Å²) >= 11 is 0. The predicted molar refractivity (Wildman–Crippen MR) is 64.4 cm³/mol. The van der Waals surface area contributed by atoms with Crippen LogP contribution in [0.5, 0.6) is 0 Å². The molecule has 0 aliphatic carbocycles. The minimum atomic E-state index is -4.15. The third kappa shape index (κ3) is 3.05. The Balaban J connectivity index is 5.91. The van der Waals surface area contributed by atoms with Crippen molar-refractivity contribution in [2.75, 3.05) is 19.1 Å². The van der Waals surface area contributed by atoms with E-state index in [4.69, 9.17) is 5.73 Å². The van der Waals surface area contributed by atoms with E-state index < -0.39 is 36.3 Å². The first-order chi connectivity index (χ1) is 7.39. The van der Waals surface area contributed by atoms with Gasteiger partial charge in [-0.1, -0.05) is 6.58 Å². The number of hydrogen-bond donors (Lipinski definition) is 2. The quantitative estimate of drug-likeness (QED) is 0.585. The number of rotatable bonds is 5. The average molecular weight is 284 g/mol. The molecule has 0 radical (unpaired) electrons. The Morgan fingerprint density at radius 3 is 1.76 bits per heavy atom. The minimum absolute atomic E-state index is 0.0184. The number of nitrogens with one attached hydrogen (secondary N) is 1. The van der Waals surface area contributed by atoms with Crippen molar-refractivity contribution < 1.29 is 21.6 Å². The maximum absolute atomic E-state index is 11.6. The fourth-order valence-electron chi connectivity index (χ4n) is 1.09. The van der Waals surface area contributed by atoms with Gasteiger partial charge in [-0.2, -0.15) is 0 Å². The fraction of sp³-hybridized carbons (Fsp3) is 0.625. The van der Waals surface area contributed by atoms with E-state index in [1.54, 1.807) is 0 Å². The van der Waals surface area contributed by atoms with Crippen molar-refractivity contribution in [1.29, 1.82) is 0 Å². The molecule has 100 valence electrons.